The summed E-state index contributed by atoms with van der Waals surface area (Å²) in [5, 5.41) is 3.20. The van der Waals surface area contributed by atoms with Gasteiger partial charge in [0.25, 0.3) is 0 Å². The number of halogens is 2. The SMILES string of the molecule is CN(C)CCNCc1ccc(Br)cc1F. The molecule has 0 aliphatic rings. The summed E-state index contributed by atoms with van der Waals surface area (Å²) in [5.41, 5.74) is 0.706. The summed E-state index contributed by atoms with van der Waals surface area (Å²) in [4.78, 5) is 2.09. The van der Waals surface area contributed by atoms with Crippen LogP contribution in [-0.4, -0.2) is 32.1 Å². The van der Waals surface area contributed by atoms with Crippen LogP contribution in [0.4, 0.5) is 4.39 Å². The van der Waals surface area contributed by atoms with Gasteiger partial charge >= 0.3 is 0 Å². The summed E-state index contributed by atoms with van der Waals surface area (Å²) < 4.78 is 14.1. The van der Waals surface area contributed by atoms with E-state index in [1.54, 1.807) is 6.07 Å². The van der Waals surface area contributed by atoms with Gasteiger partial charge < -0.3 is 10.2 Å². The van der Waals surface area contributed by atoms with E-state index >= 15 is 0 Å². The zero-order valence-electron chi connectivity index (χ0n) is 9.06. The second kappa shape index (κ2) is 6.20. The smallest absolute Gasteiger partial charge is 0.128 e. The van der Waals surface area contributed by atoms with Gasteiger partial charge in [-0.05, 0) is 26.2 Å². The maximum atomic E-state index is 13.4. The van der Waals surface area contributed by atoms with Crippen molar-refractivity contribution in [2.75, 3.05) is 27.2 Å². The number of benzene rings is 1. The van der Waals surface area contributed by atoms with Crippen molar-refractivity contribution < 1.29 is 4.39 Å². The molecule has 0 aliphatic carbocycles. The van der Waals surface area contributed by atoms with Crippen LogP contribution in [0, 0.1) is 5.82 Å². The molecule has 15 heavy (non-hydrogen) atoms. The van der Waals surface area contributed by atoms with Crippen molar-refractivity contribution in [1.29, 1.82) is 0 Å². The predicted octanol–water partition coefficient (Wildman–Crippen LogP) is 2.24. The van der Waals surface area contributed by atoms with Gasteiger partial charge in [0, 0.05) is 29.7 Å². The average molecular weight is 275 g/mol. The van der Waals surface area contributed by atoms with Crippen LogP contribution >= 0.6 is 15.9 Å². The van der Waals surface area contributed by atoms with Gasteiger partial charge in [0.2, 0.25) is 0 Å². The van der Waals surface area contributed by atoms with Crippen molar-refractivity contribution in [3.8, 4) is 0 Å². The molecule has 0 bridgehead atoms. The molecule has 0 fully saturated rings. The molecule has 2 nitrogen and oxygen atoms in total. The standard InChI is InChI=1S/C11H16BrFN2/c1-15(2)6-5-14-8-9-3-4-10(12)7-11(9)13/h3-4,7,14H,5-6,8H2,1-2H3. The van der Waals surface area contributed by atoms with Gasteiger partial charge in [0.1, 0.15) is 5.82 Å². The van der Waals surface area contributed by atoms with Crippen molar-refractivity contribution in [3.05, 3.63) is 34.1 Å². The topological polar surface area (TPSA) is 15.3 Å². The summed E-state index contributed by atoms with van der Waals surface area (Å²) in [6.45, 7) is 2.40. The Morgan fingerprint density at radius 3 is 2.73 bits per heavy atom. The van der Waals surface area contributed by atoms with Crippen molar-refractivity contribution in [2.45, 2.75) is 6.54 Å². The Balaban J connectivity index is 2.37. The first kappa shape index (κ1) is 12.6. The van der Waals surface area contributed by atoms with E-state index in [1.165, 1.54) is 6.07 Å². The van der Waals surface area contributed by atoms with Gasteiger partial charge in [0.05, 0.1) is 0 Å². The normalized spacial score (nSPS) is 11.0. The molecule has 0 heterocycles. The summed E-state index contributed by atoms with van der Waals surface area (Å²) in [6.07, 6.45) is 0. The Kier molecular flexibility index (Phi) is 5.22. The largest absolute Gasteiger partial charge is 0.311 e. The fourth-order valence-electron chi connectivity index (χ4n) is 1.19. The third-order valence-corrected chi connectivity index (χ3v) is 2.56. The van der Waals surface area contributed by atoms with Crippen LogP contribution in [0.1, 0.15) is 5.56 Å². The Hall–Kier alpha value is -0.450. The molecule has 0 aliphatic heterocycles. The zero-order valence-corrected chi connectivity index (χ0v) is 10.6. The molecule has 0 amide bonds. The molecule has 1 aromatic rings. The third-order valence-electron chi connectivity index (χ3n) is 2.07. The van der Waals surface area contributed by atoms with Crippen molar-refractivity contribution in [2.24, 2.45) is 0 Å². The lowest BCUT2D eigenvalue weighted by Gasteiger charge is -2.10. The van der Waals surface area contributed by atoms with E-state index in [-0.39, 0.29) is 5.82 Å². The molecule has 1 rings (SSSR count). The molecular formula is C11H16BrFN2. The Labute approximate surface area is 98.6 Å². The third kappa shape index (κ3) is 4.73. The van der Waals surface area contributed by atoms with E-state index in [1.807, 2.05) is 20.2 Å². The highest BCUT2D eigenvalue weighted by Gasteiger charge is 2.01. The van der Waals surface area contributed by atoms with Gasteiger partial charge in [0.15, 0.2) is 0 Å². The molecule has 0 aromatic heterocycles. The van der Waals surface area contributed by atoms with Gasteiger partial charge in [-0.1, -0.05) is 22.0 Å². The van der Waals surface area contributed by atoms with E-state index in [0.29, 0.717) is 12.1 Å². The first-order valence-corrected chi connectivity index (χ1v) is 5.68. The Morgan fingerprint density at radius 2 is 2.13 bits per heavy atom. The highest BCUT2D eigenvalue weighted by Crippen LogP contribution is 2.14. The quantitative estimate of drug-likeness (QED) is 0.829. The first-order chi connectivity index (χ1) is 7.09. The van der Waals surface area contributed by atoms with Crippen molar-refractivity contribution >= 4 is 15.9 Å². The zero-order chi connectivity index (χ0) is 11.3. The number of nitrogens with zero attached hydrogens (tertiary/aromatic N) is 1. The van der Waals surface area contributed by atoms with Crippen LogP contribution in [0.2, 0.25) is 0 Å². The summed E-state index contributed by atoms with van der Waals surface area (Å²) >= 11 is 3.23. The number of rotatable bonds is 5. The van der Waals surface area contributed by atoms with Crippen LogP contribution in [0.3, 0.4) is 0 Å². The molecule has 0 saturated carbocycles. The fraction of sp³-hybridized carbons (Fsp3) is 0.455. The molecule has 0 radical (unpaired) electrons. The number of hydrogen-bond acceptors (Lipinski definition) is 2. The van der Waals surface area contributed by atoms with Crippen LogP contribution in [-0.2, 0) is 6.54 Å². The van der Waals surface area contributed by atoms with Gasteiger partial charge in [-0.2, -0.15) is 0 Å². The minimum absolute atomic E-state index is 0.165. The molecule has 0 unspecified atom stereocenters. The lowest BCUT2D eigenvalue weighted by molar-refractivity contribution is 0.399. The van der Waals surface area contributed by atoms with Crippen LogP contribution in [0.15, 0.2) is 22.7 Å². The molecule has 1 aromatic carbocycles. The molecular weight excluding hydrogens is 259 g/mol. The molecule has 0 atom stereocenters. The first-order valence-electron chi connectivity index (χ1n) is 4.89. The molecule has 0 spiro atoms. The van der Waals surface area contributed by atoms with Crippen LogP contribution in [0.5, 0.6) is 0 Å². The molecule has 84 valence electrons. The number of nitrogens with one attached hydrogen (secondary N) is 1. The van der Waals surface area contributed by atoms with Gasteiger partial charge in [-0.25, -0.2) is 4.39 Å². The Bertz CT molecular complexity index is 315. The van der Waals surface area contributed by atoms with E-state index in [2.05, 4.69) is 26.1 Å². The maximum Gasteiger partial charge on any atom is 0.128 e. The van der Waals surface area contributed by atoms with Gasteiger partial charge in [-0.15, -0.1) is 0 Å². The second-order valence-electron chi connectivity index (χ2n) is 3.72. The molecule has 4 heteroatoms. The lowest BCUT2D eigenvalue weighted by atomic mass is 10.2. The van der Waals surface area contributed by atoms with Crippen LogP contribution < -0.4 is 5.32 Å². The van der Waals surface area contributed by atoms with E-state index < -0.39 is 0 Å². The monoisotopic (exact) mass is 274 g/mol. The van der Waals surface area contributed by atoms with Gasteiger partial charge in [-0.3, -0.25) is 0 Å². The summed E-state index contributed by atoms with van der Waals surface area (Å²) in [7, 11) is 4.03. The molecule has 1 N–H and O–H groups in total. The number of likely N-dealkylation sites (N-methyl/N-ethyl adjacent to an activating group) is 1. The average Bonchev–Trinajstić information content (AvgIpc) is 2.14. The van der Waals surface area contributed by atoms with Crippen LogP contribution in [0.25, 0.3) is 0 Å². The lowest BCUT2D eigenvalue weighted by Crippen LogP contribution is -2.26. The minimum Gasteiger partial charge on any atom is -0.311 e. The molecule has 0 saturated heterocycles. The van der Waals surface area contributed by atoms with E-state index in [4.69, 9.17) is 0 Å². The highest BCUT2D eigenvalue weighted by atomic mass is 79.9. The van der Waals surface area contributed by atoms with E-state index in [0.717, 1.165) is 17.6 Å². The fourth-order valence-corrected chi connectivity index (χ4v) is 1.52. The predicted molar refractivity (Wildman–Crippen MR) is 64.4 cm³/mol. The Morgan fingerprint density at radius 1 is 1.40 bits per heavy atom. The number of hydrogen-bond donors (Lipinski definition) is 1. The maximum absolute atomic E-state index is 13.4. The minimum atomic E-state index is -0.165. The second-order valence-corrected chi connectivity index (χ2v) is 4.63. The van der Waals surface area contributed by atoms with E-state index in [9.17, 15) is 4.39 Å². The van der Waals surface area contributed by atoms with Crippen molar-refractivity contribution in [1.82, 2.24) is 10.2 Å². The van der Waals surface area contributed by atoms with Crippen molar-refractivity contribution in [3.63, 3.8) is 0 Å². The highest BCUT2D eigenvalue weighted by molar-refractivity contribution is 9.10. The summed E-state index contributed by atoms with van der Waals surface area (Å²) in [5.74, 6) is -0.165. The summed E-state index contributed by atoms with van der Waals surface area (Å²) in [6, 6.07) is 5.14.